The van der Waals surface area contributed by atoms with Crippen molar-refractivity contribution in [3.63, 3.8) is 0 Å². The van der Waals surface area contributed by atoms with Crippen LogP contribution in [0.1, 0.15) is 22.0 Å². The summed E-state index contributed by atoms with van der Waals surface area (Å²) in [6.07, 6.45) is 1.78. The van der Waals surface area contributed by atoms with Gasteiger partial charge in [0.2, 0.25) is 5.91 Å². The number of carbonyl (C=O) groups excluding carboxylic acids is 1. The molecule has 1 N–H and O–H groups in total. The molecule has 0 fully saturated rings. The average molecular weight is 395 g/mol. The molecule has 0 spiro atoms. The van der Waals surface area contributed by atoms with E-state index in [0.717, 1.165) is 21.4 Å². The minimum Gasteiger partial charge on any atom is -0.497 e. The first-order valence-electron chi connectivity index (χ1n) is 8.76. The van der Waals surface area contributed by atoms with Crippen LogP contribution in [0.3, 0.4) is 0 Å². The molecule has 0 bridgehead atoms. The van der Waals surface area contributed by atoms with E-state index in [0.29, 0.717) is 11.3 Å². The first kappa shape index (κ1) is 18.3. The number of carbonyl (C=O) groups is 1. The van der Waals surface area contributed by atoms with Crippen LogP contribution in [0.2, 0.25) is 0 Å². The van der Waals surface area contributed by atoms with Crippen LogP contribution in [0, 0.1) is 5.82 Å². The largest absolute Gasteiger partial charge is 0.497 e. The first-order chi connectivity index (χ1) is 13.6. The molecule has 0 saturated heterocycles. The maximum atomic E-state index is 13.3. The number of ether oxygens (including phenoxy) is 1. The molecular weight excluding hydrogens is 377 g/mol. The molecule has 0 aliphatic heterocycles. The molecule has 28 heavy (non-hydrogen) atoms. The van der Waals surface area contributed by atoms with Crippen molar-refractivity contribution in [1.29, 1.82) is 0 Å². The van der Waals surface area contributed by atoms with E-state index in [2.05, 4.69) is 5.32 Å². The van der Waals surface area contributed by atoms with Crippen LogP contribution in [0.15, 0.2) is 70.7 Å². The van der Waals surface area contributed by atoms with Gasteiger partial charge in [-0.1, -0.05) is 18.2 Å². The lowest BCUT2D eigenvalue weighted by Crippen LogP contribution is -2.30. The Morgan fingerprint density at radius 3 is 2.75 bits per heavy atom. The second-order valence-electron chi connectivity index (χ2n) is 6.37. The highest BCUT2D eigenvalue weighted by Crippen LogP contribution is 2.28. The summed E-state index contributed by atoms with van der Waals surface area (Å²) >= 11 is 1.55. The normalized spacial score (nSPS) is 12.1. The molecular formula is C22H18FNO3S. The van der Waals surface area contributed by atoms with Crippen LogP contribution < -0.4 is 10.1 Å². The zero-order valence-electron chi connectivity index (χ0n) is 15.1. The van der Waals surface area contributed by atoms with E-state index in [4.69, 9.17) is 9.15 Å². The van der Waals surface area contributed by atoms with Crippen LogP contribution in [-0.4, -0.2) is 13.0 Å². The van der Waals surface area contributed by atoms with Crippen molar-refractivity contribution < 1.29 is 18.3 Å². The number of rotatable bonds is 6. The van der Waals surface area contributed by atoms with E-state index in [1.54, 1.807) is 42.9 Å². The Kier molecular flexibility index (Phi) is 5.12. The molecule has 4 rings (SSSR count). The number of fused-ring (bicyclic) bond motifs is 1. The topological polar surface area (TPSA) is 51.5 Å². The standard InChI is InChI=1S/C22H18FNO3S/c1-26-17-8-9-18-15(13-27-19(18)12-17)11-21(25)24-22(20-3-2-10-28-20)14-4-6-16(23)7-5-14/h2-10,12-13,22H,11H2,1H3,(H,24,25). The Morgan fingerprint density at radius 2 is 2.04 bits per heavy atom. The number of thiophene rings is 1. The summed E-state index contributed by atoms with van der Waals surface area (Å²) in [7, 11) is 1.60. The van der Waals surface area contributed by atoms with Crippen molar-refractivity contribution in [2.45, 2.75) is 12.5 Å². The fourth-order valence-electron chi connectivity index (χ4n) is 3.14. The van der Waals surface area contributed by atoms with Gasteiger partial charge in [-0.15, -0.1) is 11.3 Å². The van der Waals surface area contributed by atoms with Gasteiger partial charge in [-0.25, -0.2) is 4.39 Å². The number of hydrogen-bond acceptors (Lipinski definition) is 4. The van der Waals surface area contributed by atoms with Gasteiger partial charge in [0.25, 0.3) is 0 Å². The molecule has 0 saturated carbocycles. The summed E-state index contributed by atoms with van der Waals surface area (Å²) in [6.45, 7) is 0. The fourth-order valence-corrected chi connectivity index (χ4v) is 3.94. The molecule has 0 radical (unpaired) electrons. The third kappa shape index (κ3) is 3.77. The van der Waals surface area contributed by atoms with Crippen molar-refractivity contribution >= 4 is 28.2 Å². The maximum absolute atomic E-state index is 13.3. The summed E-state index contributed by atoms with van der Waals surface area (Å²) in [5, 5.41) is 5.90. The Balaban J connectivity index is 1.56. The molecule has 2 aromatic carbocycles. The predicted molar refractivity (Wildman–Crippen MR) is 107 cm³/mol. The SMILES string of the molecule is COc1ccc2c(CC(=O)NC(c3ccc(F)cc3)c3cccs3)coc2c1. The van der Waals surface area contributed by atoms with E-state index >= 15 is 0 Å². The van der Waals surface area contributed by atoms with Gasteiger partial charge in [0, 0.05) is 21.9 Å². The number of nitrogens with one attached hydrogen (secondary N) is 1. The average Bonchev–Trinajstić information content (AvgIpc) is 3.37. The van der Waals surface area contributed by atoms with Crippen molar-refractivity contribution in [3.8, 4) is 5.75 Å². The first-order valence-corrected chi connectivity index (χ1v) is 9.64. The Morgan fingerprint density at radius 1 is 1.21 bits per heavy atom. The second kappa shape index (κ2) is 7.86. The van der Waals surface area contributed by atoms with E-state index in [1.807, 2.05) is 29.6 Å². The van der Waals surface area contributed by atoms with Gasteiger partial charge < -0.3 is 14.5 Å². The Bertz CT molecular complexity index is 1090. The van der Waals surface area contributed by atoms with Gasteiger partial charge in [0.15, 0.2) is 0 Å². The molecule has 1 atom stereocenters. The third-order valence-corrected chi connectivity index (χ3v) is 5.49. The van der Waals surface area contributed by atoms with Gasteiger partial charge in [-0.3, -0.25) is 4.79 Å². The minimum atomic E-state index is -0.327. The number of methoxy groups -OCH3 is 1. The quantitative estimate of drug-likeness (QED) is 0.495. The molecule has 6 heteroatoms. The molecule has 1 amide bonds. The summed E-state index contributed by atoms with van der Waals surface area (Å²) in [6, 6.07) is 15.3. The van der Waals surface area contributed by atoms with Crippen molar-refractivity contribution in [1.82, 2.24) is 5.32 Å². The number of amides is 1. The summed E-state index contributed by atoms with van der Waals surface area (Å²) in [5.41, 5.74) is 2.31. The molecule has 142 valence electrons. The molecule has 2 heterocycles. The number of benzene rings is 2. The summed E-state index contributed by atoms with van der Waals surface area (Å²) < 4.78 is 24.1. The van der Waals surface area contributed by atoms with E-state index in [1.165, 1.54) is 12.1 Å². The lowest BCUT2D eigenvalue weighted by molar-refractivity contribution is -0.120. The molecule has 1 unspecified atom stereocenters. The Hall–Kier alpha value is -3.12. The summed E-state index contributed by atoms with van der Waals surface area (Å²) in [4.78, 5) is 13.8. The lowest BCUT2D eigenvalue weighted by atomic mass is 10.0. The van der Waals surface area contributed by atoms with Crippen LogP contribution in [-0.2, 0) is 11.2 Å². The van der Waals surface area contributed by atoms with Crippen LogP contribution >= 0.6 is 11.3 Å². The van der Waals surface area contributed by atoms with Crippen LogP contribution in [0.25, 0.3) is 11.0 Å². The molecule has 0 aliphatic carbocycles. The number of halogens is 1. The smallest absolute Gasteiger partial charge is 0.225 e. The van der Waals surface area contributed by atoms with Crippen LogP contribution in [0.5, 0.6) is 5.75 Å². The molecule has 0 aliphatic rings. The van der Waals surface area contributed by atoms with E-state index in [-0.39, 0.29) is 24.2 Å². The van der Waals surface area contributed by atoms with Gasteiger partial charge in [0.1, 0.15) is 17.1 Å². The van der Waals surface area contributed by atoms with Gasteiger partial charge in [0.05, 0.1) is 25.8 Å². The molecule has 4 aromatic rings. The number of hydrogen-bond donors (Lipinski definition) is 1. The second-order valence-corrected chi connectivity index (χ2v) is 7.35. The van der Waals surface area contributed by atoms with Gasteiger partial charge >= 0.3 is 0 Å². The predicted octanol–water partition coefficient (Wildman–Crippen LogP) is 5.09. The highest BCUT2D eigenvalue weighted by molar-refractivity contribution is 7.10. The highest BCUT2D eigenvalue weighted by atomic mass is 32.1. The third-order valence-electron chi connectivity index (χ3n) is 4.55. The van der Waals surface area contributed by atoms with E-state index < -0.39 is 0 Å². The van der Waals surface area contributed by atoms with Gasteiger partial charge in [-0.2, -0.15) is 0 Å². The zero-order valence-corrected chi connectivity index (χ0v) is 16.0. The summed E-state index contributed by atoms with van der Waals surface area (Å²) in [5.74, 6) is 0.258. The monoisotopic (exact) mass is 395 g/mol. The lowest BCUT2D eigenvalue weighted by Gasteiger charge is -2.18. The molecule has 2 aromatic heterocycles. The molecule has 4 nitrogen and oxygen atoms in total. The highest BCUT2D eigenvalue weighted by Gasteiger charge is 2.19. The zero-order chi connectivity index (χ0) is 19.5. The van der Waals surface area contributed by atoms with Crippen molar-refractivity contribution in [3.05, 3.63) is 88.1 Å². The minimum absolute atomic E-state index is 0.138. The van der Waals surface area contributed by atoms with E-state index in [9.17, 15) is 9.18 Å². The van der Waals surface area contributed by atoms with Crippen molar-refractivity contribution in [2.24, 2.45) is 0 Å². The van der Waals surface area contributed by atoms with Crippen LogP contribution in [0.4, 0.5) is 4.39 Å². The maximum Gasteiger partial charge on any atom is 0.225 e. The number of furan rings is 1. The van der Waals surface area contributed by atoms with Crippen molar-refractivity contribution in [2.75, 3.05) is 7.11 Å². The van der Waals surface area contributed by atoms with Gasteiger partial charge in [-0.05, 0) is 41.3 Å². The Labute approximate surface area is 165 Å². The fraction of sp³-hybridized carbons (Fsp3) is 0.136.